The number of rotatable bonds is 4. The molecule has 0 saturated heterocycles. The maximum Gasteiger partial charge on any atom is 0.490 e. The molecule has 0 spiro atoms. The molecular formula is C22H18F3N3O5. The Labute approximate surface area is 186 Å². The van der Waals surface area contributed by atoms with Crippen LogP contribution in [0.2, 0.25) is 0 Å². The van der Waals surface area contributed by atoms with Crippen molar-refractivity contribution in [2.45, 2.75) is 18.1 Å². The van der Waals surface area contributed by atoms with Crippen LogP contribution in [0.5, 0.6) is 0 Å². The highest BCUT2D eigenvalue weighted by Gasteiger charge is 2.45. The lowest BCUT2D eigenvalue weighted by Gasteiger charge is -2.43. The van der Waals surface area contributed by atoms with Gasteiger partial charge in [0, 0.05) is 12.0 Å². The van der Waals surface area contributed by atoms with E-state index < -0.39 is 30.2 Å². The molecule has 0 fully saturated rings. The average molecular weight is 461 g/mol. The highest BCUT2D eigenvalue weighted by atomic mass is 19.4. The number of alkyl halides is 3. The van der Waals surface area contributed by atoms with E-state index in [1.165, 1.54) is 11.1 Å². The lowest BCUT2D eigenvalue weighted by molar-refractivity contribution is -0.192. The lowest BCUT2D eigenvalue weighted by Crippen LogP contribution is -2.55. The van der Waals surface area contributed by atoms with Gasteiger partial charge in [0.25, 0.3) is 5.91 Å². The van der Waals surface area contributed by atoms with Gasteiger partial charge in [-0.05, 0) is 22.8 Å². The Hall–Kier alpha value is -4.33. The summed E-state index contributed by atoms with van der Waals surface area (Å²) in [5.41, 5.74) is 1.53. The fourth-order valence-corrected chi connectivity index (χ4v) is 3.32. The Morgan fingerprint density at radius 3 is 2.24 bits per heavy atom. The fraction of sp³-hybridized carbons (Fsp3) is 0.182. The second-order valence-corrected chi connectivity index (χ2v) is 6.83. The van der Waals surface area contributed by atoms with Crippen LogP contribution in [0, 0.1) is 12.3 Å². The van der Waals surface area contributed by atoms with Crippen molar-refractivity contribution in [2.75, 3.05) is 6.54 Å². The van der Waals surface area contributed by atoms with Gasteiger partial charge in [-0.2, -0.15) is 18.3 Å². The van der Waals surface area contributed by atoms with Crippen LogP contribution in [0.25, 0.3) is 0 Å². The molecule has 2 aromatic carbocycles. The maximum absolute atomic E-state index is 13.0. The molecule has 1 amide bonds. The Bertz CT molecular complexity index is 1120. The van der Waals surface area contributed by atoms with Gasteiger partial charge in [0.05, 0.1) is 6.21 Å². The van der Waals surface area contributed by atoms with E-state index in [9.17, 15) is 27.9 Å². The van der Waals surface area contributed by atoms with Gasteiger partial charge in [-0.1, -0.05) is 48.4 Å². The van der Waals surface area contributed by atoms with E-state index in [0.717, 1.165) is 11.1 Å². The number of carboxylic acids is 2. The first-order valence-electron chi connectivity index (χ1n) is 9.19. The number of carboxylic acid groups (broad SMARTS) is 2. The lowest BCUT2D eigenvalue weighted by atomic mass is 9.77. The van der Waals surface area contributed by atoms with Gasteiger partial charge in [-0.25, -0.2) is 4.79 Å². The number of aliphatic carboxylic acids is 2. The first-order chi connectivity index (χ1) is 15.5. The van der Waals surface area contributed by atoms with Gasteiger partial charge in [0.1, 0.15) is 12.1 Å². The number of amides is 1. The molecule has 1 aliphatic heterocycles. The summed E-state index contributed by atoms with van der Waals surface area (Å²) in [7, 11) is 0. The molecule has 2 aromatic rings. The van der Waals surface area contributed by atoms with Crippen LogP contribution in [0.1, 0.15) is 27.0 Å². The van der Waals surface area contributed by atoms with Crippen LogP contribution in [-0.4, -0.2) is 51.9 Å². The third-order valence-corrected chi connectivity index (χ3v) is 4.79. The van der Waals surface area contributed by atoms with Crippen molar-refractivity contribution >= 4 is 24.1 Å². The zero-order valence-electron chi connectivity index (χ0n) is 16.9. The summed E-state index contributed by atoms with van der Waals surface area (Å²) in [5, 5.41) is 19.9. The quantitative estimate of drug-likeness (QED) is 0.277. The summed E-state index contributed by atoms with van der Waals surface area (Å²) in [6.45, 7) is -0.483. The summed E-state index contributed by atoms with van der Waals surface area (Å²) in [5.74, 6) is 3.59. The summed E-state index contributed by atoms with van der Waals surface area (Å²) in [4.78, 5) is 34.6. The van der Waals surface area contributed by atoms with E-state index in [2.05, 4.69) is 11.0 Å². The Kier molecular flexibility index (Phi) is 7.45. The average Bonchev–Trinajstić information content (AvgIpc) is 2.76. The number of carbonyl (C=O) groups excluding carboxylic acids is 1. The number of fused-ring (bicyclic) bond motifs is 1. The van der Waals surface area contributed by atoms with Gasteiger partial charge in [-0.15, -0.1) is 6.42 Å². The van der Waals surface area contributed by atoms with Crippen LogP contribution in [-0.2, 0) is 21.5 Å². The number of benzene rings is 2. The third-order valence-electron chi connectivity index (χ3n) is 4.79. The topological polar surface area (TPSA) is 133 Å². The minimum atomic E-state index is -5.08. The van der Waals surface area contributed by atoms with E-state index in [1.54, 1.807) is 36.4 Å². The first-order valence-corrected chi connectivity index (χ1v) is 9.19. The molecule has 0 bridgehead atoms. The summed E-state index contributed by atoms with van der Waals surface area (Å²) in [6.07, 6.45) is 2.61. The molecule has 172 valence electrons. The minimum absolute atomic E-state index is 0.336. The molecule has 1 aliphatic rings. The van der Waals surface area contributed by atoms with Crippen LogP contribution in [0.3, 0.4) is 0 Å². The SMILES string of the molecule is C#CC1(c2ccc(C=NN)cc2)Cc2ccccc2C(=O)N1CC(=O)O.O=C(O)C(F)(F)F. The van der Waals surface area contributed by atoms with Crippen LogP contribution in [0.15, 0.2) is 53.6 Å². The second kappa shape index (κ2) is 9.86. The molecule has 4 N–H and O–H groups in total. The molecule has 0 radical (unpaired) electrons. The van der Waals surface area contributed by atoms with E-state index in [-0.39, 0.29) is 5.91 Å². The second-order valence-electron chi connectivity index (χ2n) is 6.83. The molecule has 11 heteroatoms. The third kappa shape index (κ3) is 5.48. The van der Waals surface area contributed by atoms with Crippen molar-refractivity contribution in [3.63, 3.8) is 0 Å². The number of nitrogens with zero attached hydrogens (tertiary/aromatic N) is 2. The Morgan fingerprint density at radius 1 is 1.18 bits per heavy atom. The molecular weight excluding hydrogens is 443 g/mol. The van der Waals surface area contributed by atoms with Crippen molar-refractivity contribution in [2.24, 2.45) is 10.9 Å². The summed E-state index contributed by atoms with van der Waals surface area (Å²) in [6, 6.07) is 14.2. The van der Waals surface area contributed by atoms with E-state index >= 15 is 0 Å². The number of hydrazone groups is 1. The van der Waals surface area contributed by atoms with E-state index in [1.807, 2.05) is 12.1 Å². The number of carbonyl (C=O) groups is 3. The summed E-state index contributed by atoms with van der Waals surface area (Å²) >= 11 is 0. The fourth-order valence-electron chi connectivity index (χ4n) is 3.32. The normalized spacial score (nSPS) is 17.5. The van der Waals surface area contributed by atoms with Crippen molar-refractivity contribution in [1.29, 1.82) is 0 Å². The molecule has 0 aliphatic carbocycles. The first kappa shape index (κ1) is 24.9. The smallest absolute Gasteiger partial charge is 0.480 e. The predicted molar refractivity (Wildman–Crippen MR) is 111 cm³/mol. The Balaban J connectivity index is 0.000000479. The highest BCUT2D eigenvalue weighted by molar-refractivity contribution is 5.99. The van der Waals surface area contributed by atoms with Crippen LogP contribution in [0.4, 0.5) is 13.2 Å². The predicted octanol–water partition coefficient (Wildman–Crippen LogP) is 2.22. The maximum atomic E-state index is 13.0. The molecule has 33 heavy (non-hydrogen) atoms. The van der Waals surface area contributed by atoms with Crippen LogP contribution >= 0.6 is 0 Å². The zero-order chi connectivity index (χ0) is 24.8. The van der Waals surface area contributed by atoms with Crippen molar-refractivity contribution in [1.82, 2.24) is 4.90 Å². The molecule has 0 saturated carbocycles. The molecule has 1 unspecified atom stereocenters. The molecule has 0 aromatic heterocycles. The highest BCUT2D eigenvalue weighted by Crippen LogP contribution is 2.38. The van der Waals surface area contributed by atoms with Gasteiger partial charge >= 0.3 is 18.1 Å². The van der Waals surface area contributed by atoms with Crippen molar-refractivity contribution in [3.8, 4) is 12.3 Å². The molecule has 3 rings (SSSR count). The largest absolute Gasteiger partial charge is 0.490 e. The summed E-state index contributed by atoms with van der Waals surface area (Å²) < 4.78 is 31.7. The molecule has 8 nitrogen and oxygen atoms in total. The molecule has 1 heterocycles. The number of halogens is 3. The number of nitrogens with two attached hydrogens (primary N) is 1. The van der Waals surface area contributed by atoms with Crippen molar-refractivity contribution in [3.05, 3.63) is 70.8 Å². The van der Waals surface area contributed by atoms with E-state index in [4.69, 9.17) is 22.2 Å². The standard InChI is InChI=1S/C20H17N3O3.C2HF3O2/c1-2-20(16-9-7-14(8-10-16)12-22-21)11-15-5-3-4-6-17(15)19(26)23(20)13-18(24)25;3-2(4,5)1(6)7/h1,3-10,12H,11,13,21H2,(H,24,25);(H,6,7). The number of hydrogen-bond donors (Lipinski definition) is 3. The van der Waals surface area contributed by atoms with Gasteiger partial charge < -0.3 is 21.0 Å². The van der Waals surface area contributed by atoms with Crippen LogP contribution < -0.4 is 5.84 Å². The monoisotopic (exact) mass is 461 g/mol. The number of terminal acetylenes is 1. The van der Waals surface area contributed by atoms with Gasteiger partial charge in [-0.3, -0.25) is 9.59 Å². The Morgan fingerprint density at radius 2 is 1.76 bits per heavy atom. The number of hydrogen-bond acceptors (Lipinski definition) is 5. The van der Waals surface area contributed by atoms with Gasteiger partial charge in [0.15, 0.2) is 0 Å². The molecule has 1 atom stereocenters. The zero-order valence-corrected chi connectivity index (χ0v) is 16.9. The van der Waals surface area contributed by atoms with E-state index in [0.29, 0.717) is 17.5 Å². The van der Waals surface area contributed by atoms with Crippen molar-refractivity contribution < 1.29 is 37.8 Å². The van der Waals surface area contributed by atoms with Gasteiger partial charge in [0.2, 0.25) is 0 Å². The minimum Gasteiger partial charge on any atom is -0.480 e.